The maximum absolute atomic E-state index is 12.2. The zero-order chi connectivity index (χ0) is 15.2. The van der Waals surface area contributed by atoms with Crippen LogP contribution in [-0.4, -0.2) is 27.2 Å². The van der Waals surface area contributed by atoms with Crippen LogP contribution in [0.5, 0.6) is 0 Å². The van der Waals surface area contributed by atoms with Gasteiger partial charge < -0.3 is 24.2 Å². The fourth-order valence-corrected chi connectivity index (χ4v) is 2.42. The summed E-state index contributed by atoms with van der Waals surface area (Å²) in [6, 6.07) is 8.11. The largest absolute Gasteiger partial charge is 0.615 e. The van der Waals surface area contributed by atoms with Crippen molar-refractivity contribution in [2.45, 2.75) is 0 Å². The van der Waals surface area contributed by atoms with E-state index in [0.29, 0.717) is 0 Å². The number of carbonyl (C=O) groups excluding carboxylic acids is 1. The highest BCUT2D eigenvalue weighted by Crippen LogP contribution is 2.54. The number of carbonyl (C=O) groups is 1. The second-order valence-electron chi connectivity index (χ2n) is 3.52. The molecule has 0 bridgehead atoms. The number of methoxy groups -OCH3 is 1. The fraction of sp³-hybridized carbons (Fsp3) is 0.250. The third-order valence-corrected chi connectivity index (χ3v) is 4.20. The maximum atomic E-state index is 12.2. The maximum Gasteiger partial charge on any atom is 0.378 e. The van der Waals surface area contributed by atoms with Crippen LogP contribution in [0.2, 0.25) is 0 Å². The zero-order valence-electron chi connectivity index (χ0n) is 11.3. The van der Waals surface area contributed by atoms with Gasteiger partial charge in [0.1, 0.15) is 0 Å². The molecule has 20 heavy (non-hydrogen) atoms. The van der Waals surface area contributed by atoms with E-state index in [-0.39, 0.29) is 5.56 Å². The number of hydrogen-bond donors (Lipinski definition) is 1. The molecule has 1 aromatic rings. The first-order valence-corrected chi connectivity index (χ1v) is 7.06. The molecule has 0 aliphatic heterocycles. The Bertz CT molecular complexity index is 534. The van der Waals surface area contributed by atoms with Crippen LogP contribution in [0.3, 0.4) is 0 Å². The highest BCUT2D eigenvalue weighted by Gasteiger charge is 2.31. The van der Waals surface area contributed by atoms with E-state index in [0.717, 1.165) is 21.3 Å². The summed E-state index contributed by atoms with van der Waals surface area (Å²) < 4.78 is 26.1. The van der Waals surface area contributed by atoms with E-state index in [1.54, 1.807) is 18.2 Å². The minimum atomic E-state index is -3.93. The fourth-order valence-electron chi connectivity index (χ4n) is 1.35. The van der Waals surface area contributed by atoms with E-state index >= 15 is 0 Å². The van der Waals surface area contributed by atoms with Crippen molar-refractivity contribution < 1.29 is 28.3 Å². The van der Waals surface area contributed by atoms with Gasteiger partial charge in [-0.3, -0.25) is 9.36 Å². The van der Waals surface area contributed by atoms with Gasteiger partial charge in [-0.25, -0.2) is 0 Å². The lowest BCUT2D eigenvalue weighted by Crippen LogP contribution is -2.28. The smallest absolute Gasteiger partial charge is 0.378 e. The molecular weight excluding hydrogens is 285 g/mol. The van der Waals surface area contributed by atoms with Crippen LogP contribution in [0.4, 0.5) is 0 Å². The summed E-state index contributed by atoms with van der Waals surface area (Å²) in [6.45, 7) is 0. The van der Waals surface area contributed by atoms with Crippen molar-refractivity contribution in [3.8, 4) is 0 Å². The molecule has 1 aromatic carbocycles. The lowest BCUT2D eigenvalue weighted by Gasteiger charge is -2.22. The van der Waals surface area contributed by atoms with Crippen molar-refractivity contribution in [1.29, 1.82) is 0 Å². The van der Waals surface area contributed by atoms with Crippen LogP contribution < -0.4 is 10.4 Å². The van der Waals surface area contributed by atoms with E-state index in [2.05, 4.69) is 19.1 Å². The molecule has 1 rings (SSSR count). The topological polar surface area (TPSA) is 96.9 Å². The monoisotopic (exact) mass is 300 g/mol. The quantitative estimate of drug-likeness (QED) is 0.622. The van der Waals surface area contributed by atoms with Crippen LogP contribution in [-0.2, 0) is 18.3 Å². The van der Waals surface area contributed by atoms with E-state index in [4.69, 9.17) is 0 Å². The van der Waals surface area contributed by atoms with Gasteiger partial charge in [0.15, 0.2) is 5.44 Å². The van der Waals surface area contributed by atoms with E-state index < -0.39 is 24.9 Å². The first-order chi connectivity index (χ1) is 9.48. The van der Waals surface area contributed by atoms with Gasteiger partial charge in [-0.15, -0.1) is 0 Å². The second kappa shape index (κ2) is 7.09. The molecule has 0 atom stereocenters. The molecule has 0 fully saturated rings. The Morgan fingerprint density at radius 3 is 2.15 bits per heavy atom. The summed E-state index contributed by atoms with van der Waals surface area (Å²) in [5.41, 5.74) is -0.286. The Kier molecular flexibility index (Phi) is 5.76. The van der Waals surface area contributed by atoms with Crippen molar-refractivity contribution in [1.82, 2.24) is 5.32 Å². The average molecular weight is 300 g/mol. The Labute approximate surface area is 116 Å². The minimum absolute atomic E-state index is 0.285. The first-order valence-electron chi connectivity index (χ1n) is 5.52. The third kappa shape index (κ3) is 3.60. The Morgan fingerprint density at radius 2 is 1.70 bits per heavy atom. The molecule has 1 amide bonds. The van der Waals surface area contributed by atoms with Crippen molar-refractivity contribution in [3.05, 3.63) is 47.3 Å². The molecular formula is C12H15NO6P-. The van der Waals surface area contributed by atoms with Gasteiger partial charge in [0.05, 0.1) is 5.95 Å². The van der Waals surface area contributed by atoms with Crippen LogP contribution in [0.25, 0.3) is 0 Å². The molecule has 1 N–H and O–H groups in total. The predicted octanol–water partition coefficient (Wildman–Crippen LogP) is 1.04. The summed E-state index contributed by atoms with van der Waals surface area (Å²) >= 11 is 0. The summed E-state index contributed by atoms with van der Waals surface area (Å²) in [5, 5.41) is 13.9. The molecule has 8 heteroatoms. The van der Waals surface area contributed by atoms with Gasteiger partial charge >= 0.3 is 7.60 Å². The molecule has 0 heterocycles. The van der Waals surface area contributed by atoms with Gasteiger partial charge in [-0.05, 0) is 19.2 Å². The standard InChI is InChI=1S/C12H16NO6P/c1-17-12(15)11(20(16,18-2)19-3)13-10(14)9-7-5-4-6-8-9/h4-8,15H,1-3H3,(H,13,14)/p-1/b12-11-. The average Bonchev–Trinajstić information content (AvgIpc) is 2.51. The third-order valence-electron chi connectivity index (χ3n) is 2.40. The number of hydrogen-bond acceptors (Lipinski definition) is 6. The lowest BCUT2D eigenvalue weighted by molar-refractivity contribution is -0.354. The van der Waals surface area contributed by atoms with Gasteiger partial charge in [0, 0.05) is 19.8 Å². The molecule has 0 unspecified atom stereocenters. The lowest BCUT2D eigenvalue weighted by atomic mass is 10.2. The van der Waals surface area contributed by atoms with Gasteiger partial charge in [-0.2, -0.15) is 0 Å². The molecule has 0 aromatic heterocycles. The normalized spacial score (nSPS) is 12.6. The SMILES string of the molecule is CO/C([O-])=C(/NC(=O)c1ccccc1)P(=O)(OC)OC. The molecule has 0 spiro atoms. The number of benzene rings is 1. The van der Waals surface area contributed by atoms with Gasteiger partial charge in [-0.1, -0.05) is 18.2 Å². The summed E-state index contributed by atoms with van der Waals surface area (Å²) in [5.74, 6) is -1.62. The second-order valence-corrected chi connectivity index (χ2v) is 5.70. The van der Waals surface area contributed by atoms with Crippen molar-refractivity contribution in [3.63, 3.8) is 0 Å². The minimum Gasteiger partial charge on any atom is -0.615 e. The van der Waals surface area contributed by atoms with Crippen LogP contribution >= 0.6 is 7.60 Å². The molecule has 0 aliphatic rings. The summed E-state index contributed by atoms with van der Waals surface area (Å²) in [4.78, 5) is 12.0. The van der Waals surface area contributed by atoms with Crippen LogP contribution in [0.15, 0.2) is 41.7 Å². The highest BCUT2D eigenvalue weighted by molar-refractivity contribution is 7.58. The molecule has 0 saturated heterocycles. The first kappa shape index (κ1) is 16.2. The highest BCUT2D eigenvalue weighted by atomic mass is 31.2. The van der Waals surface area contributed by atoms with E-state index in [1.165, 1.54) is 12.1 Å². The number of nitrogens with one attached hydrogen (secondary N) is 1. The zero-order valence-corrected chi connectivity index (χ0v) is 12.2. The molecule has 7 nitrogen and oxygen atoms in total. The summed E-state index contributed by atoms with van der Waals surface area (Å²) in [7, 11) is -0.640. The molecule has 110 valence electrons. The van der Waals surface area contributed by atoms with Crippen LogP contribution in [0, 0.1) is 0 Å². The molecule has 0 aliphatic carbocycles. The Hall–Kier alpha value is -1.82. The molecule has 0 radical (unpaired) electrons. The van der Waals surface area contributed by atoms with Crippen molar-refractivity contribution in [2.24, 2.45) is 0 Å². The predicted molar refractivity (Wildman–Crippen MR) is 69.6 cm³/mol. The van der Waals surface area contributed by atoms with E-state index in [1.807, 2.05) is 0 Å². The van der Waals surface area contributed by atoms with Crippen molar-refractivity contribution >= 4 is 13.5 Å². The molecule has 0 saturated carbocycles. The Balaban J connectivity index is 3.11. The number of amides is 1. The number of rotatable bonds is 6. The van der Waals surface area contributed by atoms with Crippen LogP contribution in [0.1, 0.15) is 10.4 Å². The number of ether oxygens (including phenoxy) is 1. The van der Waals surface area contributed by atoms with Gasteiger partial charge in [0.25, 0.3) is 5.91 Å². The van der Waals surface area contributed by atoms with Crippen molar-refractivity contribution in [2.75, 3.05) is 21.3 Å². The Morgan fingerprint density at radius 1 is 1.15 bits per heavy atom. The summed E-state index contributed by atoms with van der Waals surface area (Å²) in [6.07, 6.45) is 0. The van der Waals surface area contributed by atoms with E-state index in [9.17, 15) is 14.5 Å². The van der Waals surface area contributed by atoms with Gasteiger partial charge in [0.2, 0.25) is 0 Å².